The van der Waals surface area contributed by atoms with Crippen molar-refractivity contribution in [3.63, 3.8) is 0 Å². The SMILES string of the molecule is COc1ccc(C(=O)[C@@H](C)CO)cc1. The van der Waals surface area contributed by atoms with E-state index >= 15 is 0 Å². The summed E-state index contributed by atoms with van der Waals surface area (Å²) in [5.74, 6) is 0.330. The quantitative estimate of drug-likeness (QED) is 0.739. The number of ketones is 1. The first-order valence-corrected chi connectivity index (χ1v) is 4.48. The molecular formula is C11H14O3. The lowest BCUT2D eigenvalue weighted by atomic mass is 10.0. The smallest absolute Gasteiger partial charge is 0.167 e. The molecule has 14 heavy (non-hydrogen) atoms. The number of rotatable bonds is 4. The summed E-state index contributed by atoms with van der Waals surface area (Å²) < 4.78 is 4.98. The van der Waals surface area contributed by atoms with Gasteiger partial charge in [0.1, 0.15) is 5.75 Å². The van der Waals surface area contributed by atoms with Gasteiger partial charge in [-0.25, -0.2) is 0 Å². The zero-order valence-electron chi connectivity index (χ0n) is 8.36. The Labute approximate surface area is 83.3 Å². The fourth-order valence-corrected chi connectivity index (χ4v) is 1.12. The summed E-state index contributed by atoms with van der Waals surface area (Å²) in [6.07, 6.45) is 0. The lowest BCUT2D eigenvalue weighted by Gasteiger charge is -2.07. The number of ether oxygens (including phenoxy) is 1. The molecule has 0 bridgehead atoms. The van der Waals surface area contributed by atoms with Gasteiger partial charge in [0.2, 0.25) is 0 Å². The molecule has 3 nitrogen and oxygen atoms in total. The highest BCUT2D eigenvalue weighted by molar-refractivity contribution is 5.97. The number of aliphatic hydroxyl groups excluding tert-OH is 1. The molecule has 0 aromatic heterocycles. The summed E-state index contributed by atoms with van der Waals surface area (Å²) in [5.41, 5.74) is 0.604. The van der Waals surface area contributed by atoms with Crippen molar-refractivity contribution in [2.45, 2.75) is 6.92 Å². The number of benzene rings is 1. The molecule has 1 N–H and O–H groups in total. The van der Waals surface area contributed by atoms with E-state index in [9.17, 15) is 4.79 Å². The normalized spacial score (nSPS) is 12.2. The summed E-state index contributed by atoms with van der Waals surface area (Å²) in [4.78, 5) is 11.6. The second-order valence-electron chi connectivity index (χ2n) is 3.18. The Morgan fingerprint density at radius 3 is 2.43 bits per heavy atom. The van der Waals surface area contributed by atoms with Crippen LogP contribution in [0, 0.1) is 5.92 Å². The highest BCUT2D eigenvalue weighted by atomic mass is 16.5. The van der Waals surface area contributed by atoms with Crippen LogP contribution >= 0.6 is 0 Å². The monoisotopic (exact) mass is 194 g/mol. The molecule has 1 rings (SSSR count). The molecule has 0 saturated carbocycles. The van der Waals surface area contributed by atoms with Crippen molar-refractivity contribution in [1.82, 2.24) is 0 Å². The van der Waals surface area contributed by atoms with Crippen LogP contribution in [0.4, 0.5) is 0 Å². The first-order valence-electron chi connectivity index (χ1n) is 4.48. The lowest BCUT2D eigenvalue weighted by molar-refractivity contribution is 0.0877. The van der Waals surface area contributed by atoms with Crippen LogP contribution in [0.15, 0.2) is 24.3 Å². The van der Waals surface area contributed by atoms with Gasteiger partial charge >= 0.3 is 0 Å². The minimum atomic E-state index is -0.344. The van der Waals surface area contributed by atoms with Crippen molar-refractivity contribution >= 4 is 5.78 Å². The van der Waals surface area contributed by atoms with Crippen LogP contribution in [0.3, 0.4) is 0 Å². The lowest BCUT2D eigenvalue weighted by Crippen LogP contribution is -2.14. The molecule has 0 aliphatic carbocycles. The number of hydrogen-bond donors (Lipinski definition) is 1. The molecule has 0 amide bonds. The van der Waals surface area contributed by atoms with E-state index < -0.39 is 0 Å². The van der Waals surface area contributed by atoms with Gasteiger partial charge in [-0.15, -0.1) is 0 Å². The maximum atomic E-state index is 11.6. The van der Waals surface area contributed by atoms with Gasteiger partial charge in [-0.05, 0) is 24.3 Å². The van der Waals surface area contributed by atoms with Crippen LogP contribution in [0.1, 0.15) is 17.3 Å². The molecule has 1 atom stereocenters. The molecular weight excluding hydrogens is 180 g/mol. The average Bonchev–Trinajstić information content (AvgIpc) is 2.27. The van der Waals surface area contributed by atoms with Crippen LogP contribution in [0.5, 0.6) is 5.75 Å². The standard InChI is InChI=1S/C11H14O3/c1-8(7-12)11(13)9-3-5-10(14-2)6-4-9/h3-6,8,12H,7H2,1-2H3/t8-/m0/s1. The second kappa shape index (κ2) is 4.77. The van der Waals surface area contributed by atoms with Gasteiger partial charge in [-0.3, -0.25) is 4.79 Å². The summed E-state index contributed by atoms with van der Waals surface area (Å²) in [6.45, 7) is 1.58. The van der Waals surface area contributed by atoms with Crippen LogP contribution in [0.25, 0.3) is 0 Å². The van der Waals surface area contributed by atoms with Gasteiger partial charge < -0.3 is 9.84 Å². The minimum Gasteiger partial charge on any atom is -0.497 e. The van der Waals surface area contributed by atoms with Gasteiger partial charge in [0, 0.05) is 11.5 Å². The summed E-state index contributed by atoms with van der Waals surface area (Å²) in [5, 5.41) is 8.82. The van der Waals surface area contributed by atoms with E-state index in [1.807, 2.05) is 0 Å². The fourth-order valence-electron chi connectivity index (χ4n) is 1.12. The number of hydrogen-bond acceptors (Lipinski definition) is 3. The number of Topliss-reactive ketones (excluding diaryl/α,β-unsaturated/α-hetero) is 1. The Kier molecular flexibility index (Phi) is 3.65. The van der Waals surface area contributed by atoms with Crippen molar-refractivity contribution in [3.8, 4) is 5.75 Å². The molecule has 76 valence electrons. The van der Waals surface area contributed by atoms with E-state index in [0.29, 0.717) is 5.56 Å². The molecule has 3 heteroatoms. The van der Waals surface area contributed by atoms with Crippen LogP contribution in [-0.4, -0.2) is 24.6 Å². The van der Waals surface area contributed by atoms with Crippen LogP contribution < -0.4 is 4.74 Å². The van der Waals surface area contributed by atoms with Crippen molar-refractivity contribution in [3.05, 3.63) is 29.8 Å². The van der Waals surface area contributed by atoms with Gasteiger partial charge in [-0.2, -0.15) is 0 Å². The van der Waals surface area contributed by atoms with Gasteiger partial charge in [-0.1, -0.05) is 6.92 Å². The van der Waals surface area contributed by atoms with Crippen molar-refractivity contribution in [1.29, 1.82) is 0 Å². The topological polar surface area (TPSA) is 46.5 Å². The molecule has 0 spiro atoms. The molecule has 0 fully saturated rings. The Bertz CT molecular complexity index is 303. The number of methoxy groups -OCH3 is 1. The summed E-state index contributed by atoms with van der Waals surface area (Å²) in [7, 11) is 1.58. The van der Waals surface area contributed by atoms with Gasteiger partial charge in [0.25, 0.3) is 0 Å². The predicted molar refractivity (Wildman–Crippen MR) is 53.6 cm³/mol. The molecule has 0 radical (unpaired) electrons. The van der Waals surface area contributed by atoms with E-state index in [4.69, 9.17) is 9.84 Å². The number of carbonyl (C=O) groups excluding carboxylic acids is 1. The largest absolute Gasteiger partial charge is 0.497 e. The van der Waals surface area contributed by atoms with E-state index in [0.717, 1.165) is 5.75 Å². The third kappa shape index (κ3) is 2.33. The zero-order valence-corrected chi connectivity index (χ0v) is 8.36. The van der Waals surface area contributed by atoms with Crippen LogP contribution in [-0.2, 0) is 0 Å². The van der Waals surface area contributed by atoms with Crippen molar-refractivity contribution in [2.75, 3.05) is 13.7 Å². The van der Waals surface area contributed by atoms with E-state index in [1.54, 1.807) is 38.3 Å². The first kappa shape index (κ1) is 10.7. The first-order chi connectivity index (χ1) is 6.69. The molecule has 0 heterocycles. The molecule has 1 aromatic rings. The Hall–Kier alpha value is -1.35. The Morgan fingerprint density at radius 2 is 2.00 bits per heavy atom. The van der Waals surface area contributed by atoms with Crippen LogP contribution in [0.2, 0.25) is 0 Å². The third-order valence-electron chi connectivity index (χ3n) is 2.10. The minimum absolute atomic E-state index is 0.0462. The van der Waals surface area contributed by atoms with Crippen molar-refractivity contribution in [2.24, 2.45) is 5.92 Å². The Morgan fingerprint density at radius 1 is 1.43 bits per heavy atom. The zero-order chi connectivity index (χ0) is 10.6. The predicted octanol–water partition coefficient (Wildman–Crippen LogP) is 1.51. The van der Waals surface area contributed by atoms with E-state index in [-0.39, 0.29) is 18.3 Å². The maximum absolute atomic E-state index is 11.6. The van der Waals surface area contributed by atoms with Gasteiger partial charge in [0.15, 0.2) is 5.78 Å². The molecule has 0 aliphatic rings. The summed E-state index contributed by atoms with van der Waals surface area (Å²) in [6, 6.07) is 6.87. The third-order valence-corrected chi connectivity index (χ3v) is 2.10. The Balaban J connectivity index is 2.81. The molecule has 0 saturated heterocycles. The molecule has 0 aliphatic heterocycles. The van der Waals surface area contributed by atoms with E-state index in [1.165, 1.54) is 0 Å². The average molecular weight is 194 g/mol. The second-order valence-corrected chi connectivity index (χ2v) is 3.18. The van der Waals surface area contributed by atoms with E-state index in [2.05, 4.69) is 0 Å². The molecule has 1 aromatic carbocycles. The molecule has 0 unspecified atom stereocenters. The highest BCUT2D eigenvalue weighted by Crippen LogP contribution is 2.14. The fraction of sp³-hybridized carbons (Fsp3) is 0.364. The van der Waals surface area contributed by atoms with Crippen molar-refractivity contribution < 1.29 is 14.6 Å². The number of carbonyl (C=O) groups is 1. The van der Waals surface area contributed by atoms with Gasteiger partial charge in [0.05, 0.1) is 13.7 Å². The maximum Gasteiger partial charge on any atom is 0.167 e. The number of aliphatic hydroxyl groups is 1. The summed E-state index contributed by atoms with van der Waals surface area (Å²) >= 11 is 0. The highest BCUT2D eigenvalue weighted by Gasteiger charge is 2.13.